The van der Waals surface area contributed by atoms with Crippen molar-refractivity contribution in [2.24, 2.45) is 5.84 Å². The summed E-state index contributed by atoms with van der Waals surface area (Å²) in [4.78, 5) is 0. The summed E-state index contributed by atoms with van der Waals surface area (Å²) in [5, 5.41) is 0.636. The van der Waals surface area contributed by atoms with Crippen LogP contribution in [0.1, 0.15) is 17.2 Å². The van der Waals surface area contributed by atoms with Gasteiger partial charge < -0.3 is 4.74 Å². The first-order valence-electron chi connectivity index (χ1n) is 5.81. The molecule has 0 aliphatic heterocycles. The molecule has 0 aliphatic rings. The molecule has 0 radical (unpaired) electrons. The highest BCUT2D eigenvalue weighted by atomic mass is 127. The SMILES string of the molecule is COc1ccc(C(NN)c2ccc(I)c(Cl)c2)cc1F. The van der Waals surface area contributed by atoms with Gasteiger partial charge in [-0.05, 0) is 58.0 Å². The van der Waals surface area contributed by atoms with Crippen LogP contribution in [0.25, 0.3) is 0 Å². The van der Waals surface area contributed by atoms with E-state index in [4.69, 9.17) is 22.2 Å². The Hall–Kier alpha value is -0.890. The van der Waals surface area contributed by atoms with E-state index in [1.807, 2.05) is 18.2 Å². The number of nitrogens with one attached hydrogen (secondary N) is 1. The highest BCUT2D eigenvalue weighted by Crippen LogP contribution is 2.29. The summed E-state index contributed by atoms with van der Waals surface area (Å²) in [7, 11) is 1.43. The first-order valence-corrected chi connectivity index (χ1v) is 7.27. The average Bonchev–Trinajstić information content (AvgIpc) is 2.44. The zero-order chi connectivity index (χ0) is 14.7. The Morgan fingerprint density at radius 3 is 2.45 bits per heavy atom. The Morgan fingerprint density at radius 1 is 1.25 bits per heavy atom. The maximum atomic E-state index is 13.8. The monoisotopic (exact) mass is 406 g/mol. The molecule has 0 saturated carbocycles. The second kappa shape index (κ2) is 6.71. The van der Waals surface area contributed by atoms with Gasteiger partial charge in [0.05, 0.1) is 18.2 Å². The largest absolute Gasteiger partial charge is 0.494 e. The van der Waals surface area contributed by atoms with Crippen LogP contribution in [0.4, 0.5) is 4.39 Å². The van der Waals surface area contributed by atoms with Crippen LogP contribution in [0.5, 0.6) is 5.75 Å². The van der Waals surface area contributed by atoms with Crippen LogP contribution in [0.3, 0.4) is 0 Å². The number of halogens is 3. The molecule has 0 spiro atoms. The van der Waals surface area contributed by atoms with E-state index in [1.165, 1.54) is 13.2 Å². The molecule has 0 amide bonds. The van der Waals surface area contributed by atoms with Gasteiger partial charge in [-0.2, -0.15) is 0 Å². The maximum absolute atomic E-state index is 13.8. The lowest BCUT2D eigenvalue weighted by Crippen LogP contribution is -2.29. The molecule has 3 N–H and O–H groups in total. The van der Waals surface area contributed by atoms with Gasteiger partial charge in [-0.15, -0.1) is 0 Å². The van der Waals surface area contributed by atoms with Gasteiger partial charge in [0.1, 0.15) is 0 Å². The molecule has 106 valence electrons. The molecular weight excluding hydrogens is 394 g/mol. The summed E-state index contributed by atoms with van der Waals surface area (Å²) in [5.74, 6) is 5.37. The summed E-state index contributed by atoms with van der Waals surface area (Å²) < 4.78 is 19.6. The van der Waals surface area contributed by atoms with E-state index in [0.29, 0.717) is 10.6 Å². The Kier molecular flexibility index (Phi) is 5.20. The third kappa shape index (κ3) is 3.22. The summed E-state index contributed by atoms with van der Waals surface area (Å²) in [6.45, 7) is 0. The molecule has 0 fully saturated rings. The van der Waals surface area contributed by atoms with Crippen molar-refractivity contribution in [3.05, 3.63) is 61.9 Å². The highest BCUT2D eigenvalue weighted by molar-refractivity contribution is 14.1. The quantitative estimate of drug-likeness (QED) is 0.463. The predicted molar refractivity (Wildman–Crippen MR) is 86.3 cm³/mol. The third-order valence-corrected chi connectivity index (χ3v) is 4.53. The molecule has 3 nitrogen and oxygen atoms in total. The van der Waals surface area contributed by atoms with Crippen LogP contribution in [0.2, 0.25) is 5.02 Å². The van der Waals surface area contributed by atoms with Crippen LogP contribution >= 0.6 is 34.2 Å². The second-order valence-corrected chi connectivity index (χ2v) is 5.74. The smallest absolute Gasteiger partial charge is 0.165 e. The molecule has 2 rings (SSSR count). The van der Waals surface area contributed by atoms with Crippen LogP contribution < -0.4 is 16.0 Å². The molecule has 0 heterocycles. The molecule has 1 atom stereocenters. The van der Waals surface area contributed by atoms with Crippen molar-refractivity contribution < 1.29 is 9.13 Å². The number of hydrogen-bond donors (Lipinski definition) is 2. The minimum Gasteiger partial charge on any atom is -0.494 e. The number of methoxy groups -OCH3 is 1. The molecule has 20 heavy (non-hydrogen) atoms. The Morgan fingerprint density at radius 2 is 1.90 bits per heavy atom. The van der Waals surface area contributed by atoms with Gasteiger partial charge >= 0.3 is 0 Å². The molecule has 2 aromatic rings. The zero-order valence-corrected chi connectivity index (χ0v) is 13.6. The molecule has 0 bridgehead atoms. The van der Waals surface area contributed by atoms with Crippen molar-refractivity contribution in [2.45, 2.75) is 6.04 Å². The van der Waals surface area contributed by atoms with E-state index in [0.717, 1.165) is 9.13 Å². The first kappa shape index (κ1) is 15.5. The standard InChI is InChI=1S/C14H13ClFIN2O/c1-20-13-5-3-9(7-11(13)16)14(19-18)8-2-4-12(17)10(15)6-8/h2-7,14,19H,18H2,1H3. The van der Waals surface area contributed by atoms with E-state index in [2.05, 4.69) is 28.0 Å². The third-order valence-electron chi connectivity index (χ3n) is 2.95. The number of rotatable bonds is 4. The van der Waals surface area contributed by atoms with Gasteiger partial charge in [0, 0.05) is 3.57 Å². The number of hydrogen-bond acceptors (Lipinski definition) is 3. The number of nitrogens with two attached hydrogens (primary N) is 1. The van der Waals surface area contributed by atoms with E-state index in [9.17, 15) is 4.39 Å². The van der Waals surface area contributed by atoms with Crippen LogP contribution in [0, 0.1) is 9.39 Å². The van der Waals surface area contributed by atoms with Crippen molar-refractivity contribution in [1.82, 2.24) is 5.43 Å². The Labute approximate surface area is 135 Å². The Bertz CT molecular complexity index is 624. The van der Waals surface area contributed by atoms with Crippen molar-refractivity contribution >= 4 is 34.2 Å². The van der Waals surface area contributed by atoms with E-state index < -0.39 is 5.82 Å². The van der Waals surface area contributed by atoms with Crippen molar-refractivity contribution in [1.29, 1.82) is 0 Å². The molecule has 6 heteroatoms. The van der Waals surface area contributed by atoms with Crippen LogP contribution in [-0.4, -0.2) is 7.11 Å². The Balaban J connectivity index is 2.41. The molecular formula is C14H13ClFIN2O. The molecule has 0 saturated heterocycles. The van der Waals surface area contributed by atoms with Gasteiger partial charge in [-0.25, -0.2) is 9.82 Å². The average molecular weight is 407 g/mol. The van der Waals surface area contributed by atoms with E-state index >= 15 is 0 Å². The van der Waals surface area contributed by atoms with Gasteiger partial charge in [0.2, 0.25) is 0 Å². The van der Waals surface area contributed by atoms with Gasteiger partial charge in [-0.3, -0.25) is 5.84 Å². The summed E-state index contributed by atoms with van der Waals surface area (Å²) >= 11 is 8.26. The van der Waals surface area contributed by atoms with Crippen molar-refractivity contribution in [3.63, 3.8) is 0 Å². The fourth-order valence-corrected chi connectivity index (χ4v) is 2.46. The number of ether oxygens (including phenoxy) is 1. The lowest BCUT2D eigenvalue weighted by atomic mass is 9.99. The molecule has 0 aliphatic carbocycles. The van der Waals surface area contributed by atoms with Crippen molar-refractivity contribution in [2.75, 3.05) is 7.11 Å². The van der Waals surface area contributed by atoms with E-state index in [1.54, 1.807) is 12.1 Å². The lowest BCUT2D eigenvalue weighted by Gasteiger charge is -2.18. The summed E-state index contributed by atoms with van der Waals surface area (Å²) in [6, 6.07) is 10.0. The number of hydrazine groups is 1. The lowest BCUT2D eigenvalue weighted by molar-refractivity contribution is 0.385. The van der Waals surface area contributed by atoms with Gasteiger partial charge in [-0.1, -0.05) is 23.7 Å². The first-order chi connectivity index (χ1) is 9.56. The summed E-state index contributed by atoms with van der Waals surface area (Å²) in [6.07, 6.45) is 0. The minimum absolute atomic E-state index is 0.199. The predicted octanol–water partition coefficient (Wildman–Crippen LogP) is 3.65. The highest BCUT2D eigenvalue weighted by Gasteiger charge is 2.15. The van der Waals surface area contributed by atoms with Crippen LogP contribution in [0.15, 0.2) is 36.4 Å². The molecule has 1 unspecified atom stereocenters. The van der Waals surface area contributed by atoms with E-state index in [-0.39, 0.29) is 11.8 Å². The molecule has 2 aromatic carbocycles. The van der Waals surface area contributed by atoms with Crippen LogP contribution in [-0.2, 0) is 0 Å². The topological polar surface area (TPSA) is 47.3 Å². The van der Waals surface area contributed by atoms with Gasteiger partial charge in [0.25, 0.3) is 0 Å². The number of benzene rings is 2. The molecule has 0 aromatic heterocycles. The second-order valence-electron chi connectivity index (χ2n) is 4.17. The minimum atomic E-state index is -0.429. The fourth-order valence-electron chi connectivity index (χ4n) is 1.94. The normalized spacial score (nSPS) is 12.2. The van der Waals surface area contributed by atoms with Gasteiger partial charge in [0.15, 0.2) is 11.6 Å². The summed E-state index contributed by atoms with van der Waals surface area (Å²) in [5.41, 5.74) is 4.24. The maximum Gasteiger partial charge on any atom is 0.165 e. The van der Waals surface area contributed by atoms with Crippen molar-refractivity contribution in [3.8, 4) is 5.75 Å². The fraction of sp³-hybridized carbons (Fsp3) is 0.143. The zero-order valence-electron chi connectivity index (χ0n) is 10.7.